The van der Waals surface area contributed by atoms with Crippen molar-refractivity contribution in [3.8, 4) is 5.75 Å². The van der Waals surface area contributed by atoms with Gasteiger partial charge in [0.05, 0.1) is 12.8 Å². The number of halogens is 2. The van der Waals surface area contributed by atoms with Crippen LogP contribution in [0.25, 0.3) is 0 Å². The van der Waals surface area contributed by atoms with Crippen molar-refractivity contribution in [3.05, 3.63) is 66.0 Å². The third kappa shape index (κ3) is 4.20. The standard InChI is InChI=1S/C18H16F2N4O/c1-11-21-17(23-13-4-6-14(25-2)7-5-13)10-18(22-11)24-16-8-3-12(19)9-15(16)20/h3-10H,1-2H3,(H2,21,22,23,24). The van der Waals surface area contributed by atoms with Gasteiger partial charge in [-0.25, -0.2) is 18.7 Å². The van der Waals surface area contributed by atoms with E-state index in [1.54, 1.807) is 20.1 Å². The fourth-order valence-corrected chi connectivity index (χ4v) is 2.25. The normalized spacial score (nSPS) is 10.4. The Morgan fingerprint density at radius 3 is 2.20 bits per heavy atom. The largest absolute Gasteiger partial charge is 0.497 e. The Labute approximate surface area is 143 Å². The molecule has 0 amide bonds. The van der Waals surface area contributed by atoms with Gasteiger partial charge in [-0.2, -0.15) is 0 Å². The van der Waals surface area contributed by atoms with Gasteiger partial charge in [-0.05, 0) is 43.3 Å². The summed E-state index contributed by atoms with van der Waals surface area (Å²) in [4.78, 5) is 8.52. The van der Waals surface area contributed by atoms with Crippen LogP contribution in [0.1, 0.15) is 5.82 Å². The number of methoxy groups -OCH3 is 1. The SMILES string of the molecule is COc1ccc(Nc2cc(Nc3ccc(F)cc3F)nc(C)n2)cc1. The summed E-state index contributed by atoms with van der Waals surface area (Å²) >= 11 is 0. The van der Waals surface area contributed by atoms with E-state index >= 15 is 0 Å². The molecule has 0 aliphatic carbocycles. The Hall–Kier alpha value is -3.22. The molecule has 3 rings (SSSR count). The number of anilines is 4. The topological polar surface area (TPSA) is 59.1 Å². The number of rotatable bonds is 5. The molecule has 128 valence electrons. The lowest BCUT2D eigenvalue weighted by atomic mass is 10.3. The number of aryl methyl sites for hydroxylation is 1. The molecule has 25 heavy (non-hydrogen) atoms. The van der Waals surface area contributed by atoms with Crippen molar-refractivity contribution in [3.63, 3.8) is 0 Å². The second-order valence-corrected chi connectivity index (χ2v) is 5.29. The molecule has 0 spiro atoms. The van der Waals surface area contributed by atoms with Crippen LogP contribution in [0.5, 0.6) is 5.75 Å². The summed E-state index contributed by atoms with van der Waals surface area (Å²) in [6, 6.07) is 12.3. The molecule has 0 fully saturated rings. The first-order chi connectivity index (χ1) is 12.0. The minimum atomic E-state index is -0.694. The van der Waals surface area contributed by atoms with Gasteiger partial charge >= 0.3 is 0 Å². The third-order valence-electron chi connectivity index (χ3n) is 3.39. The fraction of sp³-hybridized carbons (Fsp3) is 0.111. The number of nitrogens with one attached hydrogen (secondary N) is 2. The Morgan fingerprint density at radius 2 is 1.56 bits per heavy atom. The summed E-state index contributed by atoms with van der Waals surface area (Å²) in [6.07, 6.45) is 0. The molecule has 2 N–H and O–H groups in total. The van der Waals surface area contributed by atoms with Crippen LogP contribution in [-0.4, -0.2) is 17.1 Å². The van der Waals surface area contributed by atoms with E-state index in [1.165, 1.54) is 12.1 Å². The van der Waals surface area contributed by atoms with Crippen LogP contribution in [-0.2, 0) is 0 Å². The number of hydrogen-bond acceptors (Lipinski definition) is 5. The maximum Gasteiger partial charge on any atom is 0.149 e. The summed E-state index contributed by atoms with van der Waals surface area (Å²) in [5, 5.41) is 5.98. The molecule has 0 atom stereocenters. The first-order valence-corrected chi connectivity index (χ1v) is 7.52. The molecule has 1 heterocycles. The van der Waals surface area contributed by atoms with Crippen molar-refractivity contribution in [1.82, 2.24) is 9.97 Å². The van der Waals surface area contributed by atoms with Gasteiger partial charge in [-0.3, -0.25) is 0 Å². The maximum atomic E-state index is 13.8. The van der Waals surface area contributed by atoms with E-state index < -0.39 is 11.6 Å². The molecular weight excluding hydrogens is 326 g/mol. The van der Waals surface area contributed by atoms with Gasteiger partial charge in [0, 0.05) is 17.8 Å². The first-order valence-electron chi connectivity index (χ1n) is 7.52. The number of ether oxygens (including phenoxy) is 1. The average Bonchev–Trinajstić information content (AvgIpc) is 2.58. The lowest BCUT2D eigenvalue weighted by Crippen LogP contribution is -2.02. The monoisotopic (exact) mass is 342 g/mol. The Balaban J connectivity index is 1.82. The minimum Gasteiger partial charge on any atom is -0.497 e. The van der Waals surface area contributed by atoms with Crippen LogP contribution in [0, 0.1) is 18.6 Å². The summed E-state index contributed by atoms with van der Waals surface area (Å²) < 4.78 is 31.9. The molecule has 3 aromatic rings. The number of hydrogen-bond donors (Lipinski definition) is 2. The molecule has 0 aliphatic rings. The van der Waals surface area contributed by atoms with E-state index in [1.807, 2.05) is 24.3 Å². The second kappa shape index (κ2) is 7.12. The predicted octanol–water partition coefficient (Wildman–Crippen LogP) is 4.56. The fourth-order valence-electron chi connectivity index (χ4n) is 2.25. The molecule has 0 saturated heterocycles. The van der Waals surface area contributed by atoms with Crippen molar-refractivity contribution >= 4 is 23.0 Å². The van der Waals surface area contributed by atoms with E-state index in [-0.39, 0.29) is 5.69 Å². The van der Waals surface area contributed by atoms with Gasteiger partial charge in [0.25, 0.3) is 0 Å². The van der Waals surface area contributed by atoms with Gasteiger partial charge in [0.1, 0.15) is 34.8 Å². The summed E-state index contributed by atoms with van der Waals surface area (Å²) in [6.45, 7) is 1.73. The molecule has 0 aliphatic heterocycles. The Morgan fingerprint density at radius 1 is 0.880 bits per heavy atom. The van der Waals surface area contributed by atoms with Gasteiger partial charge in [-0.1, -0.05) is 0 Å². The number of aromatic nitrogens is 2. The van der Waals surface area contributed by atoms with Crippen LogP contribution in [0.2, 0.25) is 0 Å². The highest BCUT2D eigenvalue weighted by Crippen LogP contribution is 2.23. The summed E-state index contributed by atoms with van der Waals surface area (Å²) in [5.41, 5.74) is 0.952. The summed E-state index contributed by atoms with van der Waals surface area (Å²) in [5.74, 6) is 0.864. The molecule has 0 bridgehead atoms. The van der Waals surface area contributed by atoms with E-state index in [2.05, 4.69) is 20.6 Å². The van der Waals surface area contributed by atoms with Crippen molar-refractivity contribution < 1.29 is 13.5 Å². The maximum absolute atomic E-state index is 13.8. The number of nitrogens with zero attached hydrogens (tertiary/aromatic N) is 2. The van der Waals surface area contributed by atoms with Crippen LogP contribution in [0.4, 0.5) is 31.8 Å². The van der Waals surface area contributed by atoms with Gasteiger partial charge < -0.3 is 15.4 Å². The third-order valence-corrected chi connectivity index (χ3v) is 3.39. The zero-order valence-corrected chi connectivity index (χ0v) is 13.7. The molecule has 0 saturated carbocycles. The van der Waals surface area contributed by atoms with Crippen molar-refractivity contribution in [1.29, 1.82) is 0 Å². The van der Waals surface area contributed by atoms with Crippen molar-refractivity contribution in [2.45, 2.75) is 6.92 Å². The first kappa shape index (κ1) is 16.6. The van der Waals surface area contributed by atoms with E-state index in [0.717, 1.165) is 17.5 Å². The second-order valence-electron chi connectivity index (χ2n) is 5.29. The van der Waals surface area contributed by atoms with Crippen LogP contribution in [0.15, 0.2) is 48.5 Å². The van der Waals surface area contributed by atoms with Crippen LogP contribution in [0.3, 0.4) is 0 Å². The molecular formula is C18H16F2N4O. The van der Waals surface area contributed by atoms with Gasteiger partial charge in [0.2, 0.25) is 0 Å². The van der Waals surface area contributed by atoms with Crippen LogP contribution >= 0.6 is 0 Å². The molecule has 2 aromatic carbocycles. The van der Waals surface area contributed by atoms with Crippen molar-refractivity contribution in [2.24, 2.45) is 0 Å². The highest BCUT2D eigenvalue weighted by atomic mass is 19.1. The molecule has 0 radical (unpaired) electrons. The Bertz CT molecular complexity index is 885. The molecule has 0 unspecified atom stereocenters. The zero-order valence-electron chi connectivity index (χ0n) is 13.7. The highest BCUT2D eigenvalue weighted by molar-refractivity contribution is 5.63. The van der Waals surface area contributed by atoms with E-state index in [9.17, 15) is 8.78 Å². The van der Waals surface area contributed by atoms with Gasteiger partial charge in [-0.15, -0.1) is 0 Å². The van der Waals surface area contributed by atoms with Gasteiger partial charge in [0.15, 0.2) is 0 Å². The average molecular weight is 342 g/mol. The van der Waals surface area contributed by atoms with E-state index in [0.29, 0.717) is 17.5 Å². The van der Waals surface area contributed by atoms with Crippen molar-refractivity contribution in [2.75, 3.05) is 17.7 Å². The predicted molar refractivity (Wildman–Crippen MR) is 92.7 cm³/mol. The number of benzene rings is 2. The smallest absolute Gasteiger partial charge is 0.149 e. The molecule has 7 heteroatoms. The molecule has 5 nitrogen and oxygen atoms in total. The lowest BCUT2D eigenvalue weighted by molar-refractivity contribution is 0.415. The van der Waals surface area contributed by atoms with Crippen LogP contribution < -0.4 is 15.4 Å². The van der Waals surface area contributed by atoms with E-state index in [4.69, 9.17) is 4.74 Å². The highest BCUT2D eigenvalue weighted by Gasteiger charge is 2.07. The summed E-state index contributed by atoms with van der Waals surface area (Å²) in [7, 11) is 1.60. The Kier molecular flexibility index (Phi) is 4.74. The quantitative estimate of drug-likeness (QED) is 0.712. The lowest BCUT2D eigenvalue weighted by Gasteiger charge is -2.11. The molecule has 1 aromatic heterocycles. The zero-order chi connectivity index (χ0) is 17.8. The minimum absolute atomic E-state index is 0.134.